The van der Waals surface area contributed by atoms with E-state index in [0.717, 1.165) is 13.1 Å². The van der Waals surface area contributed by atoms with Gasteiger partial charge < -0.3 is 10.8 Å². The van der Waals surface area contributed by atoms with Gasteiger partial charge in [-0.05, 0) is 26.3 Å². The molecule has 0 aromatic rings. The summed E-state index contributed by atoms with van der Waals surface area (Å²) in [6.07, 6.45) is 0. The van der Waals surface area contributed by atoms with Crippen molar-refractivity contribution in [2.75, 3.05) is 26.7 Å². The van der Waals surface area contributed by atoms with Crippen molar-refractivity contribution in [3.63, 3.8) is 0 Å². The van der Waals surface area contributed by atoms with E-state index in [0.29, 0.717) is 12.1 Å². The van der Waals surface area contributed by atoms with Crippen LogP contribution in [0.4, 0.5) is 0 Å². The third-order valence-corrected chi connectivity index (χ3v) is 4.46. The van der Waals surface area contributed by atoms with Crippen LogP contribution in [0.15, 0.2) is 0 Å². The molecule has 1 fully saturated rings. The standard InChI is InChI=1S/C14H31N3O/c1-10-7-17(8-11(2)16(10)6)12(9-18)13(15)14(3,4)5/h10-13,18H,7-9,15H2,1-6H3. The molecular formula is C14H31N3O. The summed E-state index contributed by atoms with van der Waals surface area (Å²) in [4.78, 5) is 4.76. The van der Waals surface area contributed by atoms with Gasteiger partial charge in [0.15, 0.2) is 0 Å². The van der Waals surface area contributed by atoms with Crippen molar-refractivity contribution in [1.29, 1.82) is 0 Å². The highest BCUT2D eigenvalue weighted by Gasteiger charge is 2.36. The minimum absolute atomic E-state index is 0.00898. The summed E-state index contributed by atoms with van der Waals surface area (Å²) >= 11 is 0. The van der Waals surface area contributed by atoms with Crippen molar-refractivity contribution < 1.29 is 5.11 Å². The molecule has 0 bridgehead atoms. The monoisotopic (exact) mass is 257 g/mol. The van der Waals surface area contributed by atoms with E-state index in [9.17, 15) is 5.11 Å². The number of rotatable bonds is 3. The number of aliphatic hydroxyl groups excluding tert-OH is 1. The summed E-state index contributed by atoms with van der Waals surface area (Å²) in [5.74, 6) is 0. The zero-order valence-corrected chi connectivity index (χ0v) is 12.8. The van der Waals surface area contributed by atoms with Crippen molar-refractivity contribution in [2.24, 2.45) is 11.1 Å². The number of nitrogens with zero attached hydrogens (tertiary/aromatic N) is 2. The fourth-order valence-electron chi connectivity index (χ4n) is 2.75. The molecule has 1 saturated heterocycles. The van der Waals surface area contributed by atoms with Crippen LogP contribution >= 0.6 is 0 Å². The van der Waals surface area contributed by atoms with Crippen LogP contribution in [-0.4, -0.2) is 65.8 Å². The highest BCUT2D eigenvalue weighted by Crippen LogP contribution is 2.25. The lowest BCUT2D eigenvalue weighted by Crippen LogP contribution is -2.63. The van der Waals surface area contributed by atoms with Gasteiger partial charge in [0.2, 0.25) is 0 Å². The first-order valence-corrected chi connectivity index (χ1v) is 7.01. The van der Waals surface area contributed by atoms with Gasteiger partial charge in [0.05, 0.1) is 6.61 Å². The van der Waals surface area contributed by atoms with Crippen LogP contribution in [0.25, 0.3) is 0 Å². The van der Waals surface area contributed by atoms with Crippen LogP contribution in [0.5, 0.6) is 0 Å². The highest BCUT2D eigenvalue weighted by molar-refractivity contribution is 4.94. The Morgan fingerprint density at radius 3 is 2.00 bits per heavy atom. The second-order valence-corrected chi connectivity index (χ2v) is 6.96. The van der Waals surface area contributed by atoms with Crippen molar-refractivity contribution in [3.05, 3.63) is 0 Å². The Labute approximate surface area is 112 Å². The van der Waals surface area contributed by atoms with Gasteiger partial charge in [-0.1, -0.05) is 20.8 Å². The average Bonchev–Trinajstić information content (AvgIpc) is 2.25. The van der Waals surface area contributed by atoms with E-state index in [-0.39, 0.29) is 24.1 Å². The maximum Gasteiger partial charge on any atom is 0.0602 e. The minimum atomic E-state index is -0.00898. The molecule has 1 aliphatic rings. The van der Waals surface area contributed by atoms with E-state index in [4.69, 9.17) is 5.73 Å². The van der Waals surface area contributed by atoms with Crippen LogP contribution in [0.1, 0.15) is 34.6 Å². The van der Waals surface area contributed by atoms with Gasteiger partial charge in [-0.25, -0.2) is 0 Å². The summed E-state index contributed by atoms with van der Waals surface area (Å²) in [6.45, 7) is 13.0. The molecule has 108 valence electrons. The molecule has 3 N–H and O–H groups in total. The second kappa shape index (κ2) is 5.87. The second-order valence-electron chi connectivity index (χ2n) is 6.96. The zero-order valence-electron chi connectivity index (χ0n) is 12.8. The van der Waals surface area contributed by atoms with E-state index in [1.807, 2.05) is 0 Å². The number of nitrogens with two attached hydrogens (primary N) is 1. The lowest BCUT2D eigenvalue weighted by molar-refractivity contribution is -0.00504. The molecule has 18 heavy (non-hydrogen) atoms. The third kappa shape index (κ3) is 3.44. The Bertz CT molecular complexity index is 252. The zero-order chi connectivity index (χ0) is 14.1. The molecular weight excluding hydrogens is 226 g/mol. The smallest absolute Gasteiger partial charge is 0.0602 e. The Hall–Kier alpha value is -0.160. The van der Waals surface area contributed by atoms with E-state index in [1.165, 1.54) is 0 Å². The van der Waals surface area contributed by atoms with Gasteiger partial charge in [-0.15, -0.1) is 0 Å². The molecule has 4 heteroatoms. The number of piperazine rings is 1. The molecule has 0 aromatic carbocycles. The summed E-state index contributed by atoms with van der Waals surface area (Å²) < 4.78 is 0. The minimum Gasteiger partial charge on any atom is -0.395 e. The molecule has 0 aromatic heterocycles. The van der Waals surface area contributed by atoms with Crippen LogP contribution in [0, 0.1) is 5.41 Å². The predicted molar refractivity (Wildman–Crippen MR) is 76.6 cm³/mol. The lowest BCUT2D eigenvalue weighted by Gasteiger charge is -2.48. The topological polar surface area (TPSA) is 52.7 Å². The van der Waals surface area contributed by atoms with Gasteiger partial charge in [0, 0.05) is 37.3 Å². The normalized spacial score (nSPS) is 31.3. The number of likely N-dealkylation sites (N-methyl/N-ethyl adjacent to an activating group) is 1. The van der Waals surface area contributed by atoms with Crippen molar-refractivity contribution in [1.82, 2.24) is 9.80 Å². The molecule has 4 atom stereocenters. The van der Waals surface area contributed by atoms with Gasteiger partial charge in [-0.3, -0.25) is 9.80 Å². The van der Waals surface area contributed by atoms with Crippen LogP contribution in [-0.2, 0) is 0 Å². The van der Waals surface area contributed by atoms with Crippen molar-refractivity contribution in [2.45, 2.75) is 58.8 Å². The lowest BCUT2D eigenvalue weighted by atomic mass is 9.82. The summed E-state index contributed by atoms with van der Waals surface area (Å²) in [5.41, 5.74) is 6.36. The fraction of sp³-hybridized carbons (Fsp3) is 1.00. The first-order chi connectivity index (χ1) is 8.18. The maximum atomic E-state index is 9.72. The Balaban J connectivity index is 2.78. The largest absolute Gasteiger partial charge is 0.395 e. The number of hydrogen-bond acceptors (Lipinski definition) is 4. The number of hydrogen-bond donors (Lipinski definition) is 2. The highest BCUT2D eigenvalue weighted by atomic mass is 16.3. The number of aliphatic hydroxyl groups is 1. The first-order valence-electron chi connectivity index (χ1n) is 7.01. The predicted octanol–water partition coefficient (Wildman–Crippen LogP) is 0.745. The third-order valence-electron chi connectivity index (χ3n) is 4.46. The first kappa shape index (κ1) is 15.9. The van der Waals surface area contributed by atoms with Gasteiger partial charge in [0.1, 0.15) is 0 Å². The summed E-state index contributed by atoms with van der Waals surface area (Å²) in [6, 6.07) is 1.07. The molecule has 0 saturated carbocycles. The Morgan fingerprint density at radius 2 is 1.67 bits per heavy atom. The van der Waals surface area contributed by atoms with Crippen molar-refractivity contribution in [3.8, 4) is 0 Å². The fourth-order valence-corrected chi connectivity index (χ4v) is 2.75. The molecule has 1 heterocycles. The SMILES string of the molecule is CC1CN(C(CO)C(N)C(C)(C)C)CC(C)N1C. The van der Waals surface area contributed by atoms with E-state index < -0.39 is 0 Å². The Kier molecular flexibility index (Phi) is 5.18. The molecule has 0 aliphatic carbocycles. The molecule has 4 unspecified atom stereocenters. The van der Waals surface area contributed by atoms with E-state index in [2.05, 4.69) is 51.5 Å². The van der Waals surface area contributed by atoms with Gasteiger partial charge >= 0.3 is 0 Å². The van der Waals surface area contributed by atoms with E-state index >= 15 is 0 Å². The molecule has 0 radical (unpaired) electrons. The van der Waals surface area contributed by atoms with Gasteiger partial charge in [-0.2, -0.15) is 0 Å². The summed E-state index contributed by atoms with van der Waals surface area (Å²) in [7, 11) is 2.17. The summed E-state index contributed by atoms with van der Waals surface area (Å²) in [5, 5.41) is 9.72. The molecule has 1 aliphatic heterocycles. The molecule has 4 nitrogen and oxygen atoms in total. The quantitative estimate of drug-likeness (QED) is 0.783. The van der Waals surface area contributed by atoms with Crippen molar-refractivity contribution >= 4 is 0 Å². The van der Waals surface area contributed by atoms with E-state index in [1.54, 1.807) is 0 Å². The van der Waals surface area contributed by atoms with Gasteiger partial charge in [0.25, 0.3) is 0 Å². The molecule has 0 amide bonds. The van der Waals surface area contributed by atoms with Crippen LogP contribution in [0.3, 0.4) is 0 Å². The van der Waals surface area contributed by atoms with Crippen LogP contribution < -0.4 is 5.73 Å². The van der Waals surface area contributed by atoms with Crippen LogP contribution in [0.2, 0.25) is 0 Å². The molecule has 0 spiro atoms. The average molecular weight is 257 g/mol. The maximum absolute atomic E-state index is 9.72. The molecule has 1 rings (SSSR count). The Morgan fingerprint density at radius 1 is 1.22 bits per heavy atom.